The summed E-state index contributed by atoms with van der Waals surface area (Å²) in [6.07, 6.45) is 1.58. The minimum atomic E-state index is -0.648. The van der Waals surface area contributed by atoms with Crippen LogP contribution in [0.25, 0.3) is 0 Å². The van der Waals surface area contributed by atoms with Crippen molar-refractivity contribution < 1.29 is 9.90 Å². The number of aryl methyl sites for hydroxylation is 1. The molecule has 3 nitrogen and oxygen atoms in total. The SMILES string of the molecule is Cc1ccc(CN(C)C2CC(C(=O)O)C2)cc1. The molecule has 0 spiro atoms. The number of carbonyl (C=O) groups is 1. The van der Waals surface area contributed by atoms with E-state index in [9.17, 15) is 4.79 Å². The first-order valence-electron chi connectivity index (χ1n) is 6.05. The van der Waals surface area contributed by atoms with Gasteiger partial charge in [-0.15, -0.1) is 0 Å². The fourth-order valence-corrected chi connectivity index (χ4v) is 2.26. The molecule has 0 amide bonds. The Morgan fingerprint density at radius 2 is 1.94 bits per heavy atom. The van der Waals surface area contributed by atoms with Gasteiger partial charge in [0.25, 0.3) is 0 Å². The Balaban J connectivity index is 1.84. The predicted octanol–water partition coefficient (Wildman–Crippen LogP) is 2.29. The van der Waals surface area contributed by atoms with E-state index in [1.165, 1.54) is 11.1 Å². The van der Waals surface area contributed by atoms with Crippen LogP contribution in [-0.4, -0.2) is 29.1 Å². The summed E-state index contributed by atoms with van der Waals surface area (Å²) in [5.74, 6) is -0.773. The van der Waals surface area contributed by atoms with Crippen molar-refractivity contribution in [2.45, 2.75) is 32.4 Å². The molecule has 0 unspecified atom stereocenters. The second-order valence-corrected chi connectivity index (χ2v) is 5.06. The second kappa shape index (κ2) is 4.88. The van der Waals surface area contributed by atoms with Gasteiger partial charge in [0.2, 0.25) is 0 Å². The van der Waals surface area contributed by atoms with Gasteiger partial charge in [-0.05, 0) is 32.4 Å². The normalized spacial score (nSPS) is 23.5. The molecule has 1 saturated carbocycles. The summed E-state index contributed by atoms with van der Waals surface area (Å²) >= 11 is 0. The van der Waals surface area contributed by atoms with Crippen molar-refractivity contribution in [3.05, 3.63) is 35.4 Å². The molecule has 0 heterocycles. The van der Waals surface area contributed by atoms with E-state index >= 15 is 0 Å². The van der Waals surface area contributed by atoms with Gasteiger partial charge in [0.15, 0.2) is 0 Å². The number of rotatable bonds is 4. The van der Waals surface area contributed by atoms with E-state index in [1.54, 1.807) is 0 Å². The standard InChI is InChI=1S/C14H19NO2/c1-10-3-5-11(6-4-10)9-15(2)13-7-12(8-13)14(16)17/h3-6,12-13H,7-9H2,1-2H3,(H,16,17). The van der Waals surface area contributed by atoms with Gasteiger partial charge in [-0.25, -0.2) is 0 Å². The van der Waals surface area contributed by atoms with Gasteiger partial charge in [-0.2, -0.15) is 0 Å². The summed E-state index contributed by atoms with van der Waals surface area (Å²) in [6, 6.07) is 8.93. The van der Waals surface area contributed by atoms with Crippen molar-refractivity contribution in [1.82, 2.24) is 4.90 Å². The fourth-order valence-electron chi connectivity index (χ4n) is 2.26. The Morgan fingerprint density at radius 3 is 2.47 bits per heavy atom. The summed E-state index contributed by atoms with van der Waals surface area (Å²) in [7, 11) is 2.07. The predicted molar refractivity (Wildman–Crippen MR) is 66.8 cm³/mol. The van der Waals surface area contributed by atoms with Crippen molar-refractivity contribution in [1.29, 1.82) is 0 Å². The van der Waals surface area contributed by atoms with E-state index in [0.29, 0.717) is 6.04 Å². The third-order valence-corrected chi connectivity index (χ3v) is 3.64. The van der Waals surface area contributed by atoms with Crippen LogP contribution in [0.1, 0.15) is 24.0 Å². The van der Waals surface area contributed by atoms with Crippen LogP contribution in [0.4, 0.5) is 0 Å². The maximum absolute atomic E-state index is 10.7. The molecule has 1 aromatic carbocycles. The van der Waals surface area contributed by atoms with Crippen LogP contribution in [0.2, 0.25) is 0 Å². The van der Waals surface area contributed by atoms with Crippen molar-refractivity contribution in [3.63, 3.8) is 0 Å². The molecule has 17 heavy (non-hydrogen) atoms. The molecule has 92 valence electrons. The number of hydrogen-bond acceptors (Lipinski definition) is 2. The highest BCUT2D eigenvalue weighted by Crippen LogP contribution is 2.31. The molecule has 3 heteroatoms. The zero-order valence-electron chi connectivity index (χ0n) is 10.4. The van der Waals surface area contributed by atoms with E-state index in [-0.39, 0.29) is 5.92 Å². The van der Waals surface area contributed by atoms with Crippen LogP contribution in [0.3, 0.4) is 0 Å². The highest BCUT2D eigenvalue weighted by atomic mass is 16.4. The van der Waals surface area contributed by atoms with Gasteiger partial charge in [0.1, 0.15) is 0 Å². The van der Waals surface area contributed by atoms with Crippen LogP contribution in [0.5, 0.6) is 0 Å². The molecule has 1 aliphatic carbocycles. The van der Waals surface area contributed by atoms with Gasteiger partial charge in [-0.3, -0.25) is 9.69 Å². The molecular formula is C14H19NO2. The molecular weight excluding hydrogens is 214 g/mol. The average Bonchev–Trinajstić information content (AvgIpc) is 2.18. The molecule has 1 fully saturated rings. The van der Waals surface area contributed by atoms with E-state index in [0.717, 1.165) is 19.4 Å². The van der Waals surface area contributed by atoms with Crippen molar-refractivity contribution in [3.8, 4) is 0 Å². The first-order valence-corrected chi connectivity index (χ1v) is 6.05. The third-order valence-electron chi connectivity index (χ3n) is 3.64. The quantitative estimate of drug-likeness (QED) is 0.867. The van der Waals surface area contributed by atoms with E-state index in [1.807, 2.05) is 0 Å². The number of aliphatic carboxylic acids is 1. The van der Waals surface area contributed by atoms with E-state index in [2.05, 4.69) is 43.1 Å². The molecule has 1 aromatic rings. The largest absolute Gasteiger partial charge is 0.481 e. The molecule has 0 radical (unpaired) electrons. The van der Waals surface area contributed by atoms with E-state index < -0.39 is 5.97 Å². The van der Waals surface area contributed by atoms with Crippen molar-refractivity contribution >= 4 is 5.97 Å². The number of carboxylic acid groups (broad SMARTS) is 1. The van der Waals surface area contributed by atoms with Gasteiger partial charge >= 0.3 is 5.97 Å². The molecule has 0 aliphatic heterocycles. The fraction of sp³-hybridized carbons (Fsp3) is 0.500. The minimum Gasteiger partial charge on any atom is -0.481 e. The maximum Gasteiger partial charge on any atom is 0.306 e. The van der Waals surface area contributed by atoms with Gasteiger partial charge < -0.3 is 5.11 Å². The van der Waals surface area contributed by atoms with Crippen LogP contribution < -0.4 is 0 Å². The summed E-state index contributed by atoms with van der Waals surface area (Å²) < 4.78 is 0. The highest BCUT2D eigenvalue weighted by molar-refractivity contribution is 5.71. The van der Waals surface area contributed by atoms with Gasteiger partial charge in [0, 0.05) is 12.6 Å². The highest BCUT2D eigenvalue weighted by Gasteiger charge is 2.36. The number of carboxylic acids is 1. The van der Waals surface area contributed by atoms with Crippen LogP contribution in [-0.2, 0) is 11.3 Å². The lowest BCUT2D eigenvalue weighted by Gasteiger charge is -2.39. The summed E-state index contributed by atoms with van der Waals surface area (Å²) in [5.41, 5.74) is 2.56. The molecule has 1 N–H and O–H groups in total. The first-order chi connectivity index (χ1) is 8.06. The van der Waals surface area contributed by atoms with Crippen LogP contribution >= 0.6 is 0 Å². The van der Waals surface area contributed by atoms with Crippen molar-refractivity contribution in [2.75, 3.05) is 7.05 Å². The Labute approximate surface area is 102 Å². The second-order valence-electron chi connectivity index (χ2n) is 5.06. The topological polar surface area (TPSA) is 40.5 Å². The third kappa shape index (κ3) is 2.86. The van der Waals surface area contributed by atoms with E-state index in [4.69, 9.17) is 5.11 Å². The number of nitrogens with zero attached hydrogens (tertiary/aromatic N) is 1. The number of hydrogen-bond donors (Lipinski definition) is 1. The van der Waals surface area contributed by atoms with Crippen molar-refractivity contribution in [2.24, 2.45) is 5.92 Å². The maximum atomic E-state index is 10.7. The molecule has 0 atom stereocenters. The molecule has 0 bridgehead atoms. The van der Waals surface area contributed by atoms with Gasteiger partial charge in [0.05, 0.1) is 5.92 Å². The summed E-state index contributed by atoms with van der Waals surface area (Å²) in [6.45, 7) is 2.98. The summed E-state index contributed by atoms with van der Waals surface area (Å²) in [4.78, 5) is 13.0. The molecule has 2 rings (SSSR count). The lowest BCUT2D eigenvalue weighted by molar-refractivity contribution is -0.146. The molecule has 0 saturated heterocycles. The monoisotopic (exact) mass is 233 g/mol. The Bertz CT molecular complexity index is 393. The zero-order valence-corrected chi connectivity index (χ0v) is 10.4. The molecule has 0 aromatic heterocycles. The molecule has 1 aliphatic rings. The summed E-state index contributed by atoms with van der Waals surface area (Å²) in [5, 5.41) is 8.83. The first kappa shape index (κ1) is 12.1. The lowest BCUT2D eigenvalue weighted by atomic mass is 9.79. The number of benzene rings is 1. The van der Waals surface area contributed by atoms with Gasteiger partial charge in [-0.1, -0.05) is 29.8 Å². The minimum absolute atomic E-state index is 0.125. The smallest absolute Gasteiger partial charge is 0.306 e. The Hall–Kier alpha value is -1.35. The average molecular weight is 233 g/mol. The Morgan fingerprint density at radius 1 is 1.35 bits per heavy atom. The Kier molecular flexibility index (Phi) is 3.48. The zero-order chi connectivity index (χ0) is 12.4. The van der Waals surface area contributed by atoms with Crippen LogP contribution in [0, 0.1) is 12.8 Å². The van der Waals surface area contributed by atoms with Crippen LogP contribution in [0.15, 0.2) is 24.3 Å². The lowest BCUT2D eigenvalue weighted by Crippen LogP contribution is -2.44.